The smallest absolute Gasteiger partial charge is 0.351 e. The van der Waals surface area contributed by atoms with Gasteiger partial charge in [-0.2, -0.15) is 0 Å². The topological polar surface area (TPSA) is 69.7 Å². The SMILES string of the molecule is CCC(Nc1nc(Cl)c(C(=O)OC)s1)c1ccc2c(c1)OCCO2. The van der Waals surface area contributed by atoms with Crippen LogP contribution < -0.4 is 14.8 Å². The van der Waals surface area contributed by atoms with Crippen molar-refractivity contribution in [2.24, 2.45) is 0 Å². The van der Waals surface area contributed by atoms with Gasteiger partial charge in [0.05, 0.1) is 13.2 Å². The number of nitrogens with zero attached hydrogens (tertiary/aromatic N) is 1. The third-order valence-electron chi connectivity index (χ3n) is 3.63. The fraction of sp³-hybridized carbons (Fsp3) is 0.375. The van der Waals surface area contributed by atoms with Gasteiger partial charge < -0.3 is 19.5 Å². The zero-order chi connectivity index (χ0) is 17.1. The molecule has 0 fully saturated rings. The number of methoxy groups -OCH3 is 1. The van der Waals surface area contributed by atoms with E-state index in [-0.39, 0.29) is 11.2 Å². The van der Waals surface area contributed by atoms with Gasteiger partial charge in [-0.1, -0.05) is 35.9 Å². The monoisotopic (exact) mass is 368 g/mol. The van der Waals surface area contributed by atoms with E-state index in [9.17, 15) is 4.79 Å². The lowest BCUT2D eigenvalue weighted by Gasteiger charge is -2.22. The Balaban J connectivity index is 1.81. The predicted octanol–water partition coefficient (Wildman–Crippen LogP) is 3.92. The number of halogens is 1. The molecule has 8 heteroatoms. The maximum absolute atomic E-state index is 11.6. The highest BCUT2D eigenvalue weighted by molar-refractivity contribution is 7.18. The van der Waals surface area contributed by atoms with Gasteiger partial charge in [-0.3, -0.25) is 0 Å². The van der Waals surface area contributed by atoms with Crippen molar-refractivity contribution in [2.45, 2.75) is 19.4 Å². The van der Waals surface area contributed by atoms with Crippen LogP contribution in [-0.4, -0.2) is 31.3 Å². The van der Waals surface area contributed by atoms with E-state index in [0.717, 1.165) is 23.5 Å². The van der Waals surface area contributed by atoms with Crippen molar-refractivity contribution in [3.05, 3.63) is 33.8 Å². The molecule has 1 unspecified atom stereocenters. The number of carbonyl (C=O) groups is 1. The van der Waals surface area contributed by atoms with Crippen molar-refractivity contribution in [1.82, 2.24) is 4.98 Å². The Morgan fingerprint density at radius 2 is 2.17 bits per heavy atom. The molecular weight excluding hydrogens is 352 g/mol. The number of rotatable bonds is 5. The van der Waals surface area contributed by atoms with Crippen LogP contribution in [-0.2, 0) is 4.74 Å². The molecule has 1 N–H and O–H groups in total. The Kier molecular flexibility index (Phi) is 5.11. The lowest BCUT2D eigenvalue weighted by molar-refractivity contribution is 0.0606. The highest BCUT2D eigenvalue weighted by Crippen LogP contribution is 2.35. The van der Waals surface area contributed by atoms with Crippen molar-refractivity contribution in [2.75, 3.05) is 25.6 Å². The average molecular weight is 369 g/mol. The molecule has 1 aromatic carbocycles. The molecule has 128 valence electrons. The van der Waals surface area contributed by atoms with Crippen LogP contribution in [0, 0.1) is 0 Å². The molecule has 2 heterocycles. The zero-order valence-electron chi connectivity index (χ0n) is 13.3. The summed E-state index contributed by atoms with van der Waals surface area (Å²) in [6.07, 6.45) is 0.824. The molecular formula is C16H17ClN2O4S. The number of aromatic nitrogens is 1. The number of thiazole rings is 1. The molecule has 6 nitrogen and oxygen atoms in total. The number of hydrogen-bond donors (Lipinski definition) is 1. The minimum absolute atomic E-state index is 0.00791. The molecule has 0 saturated carbocycles. The highest BCUT2D eigenvalue weighted by atomic mass is 35.5. The molecule has 3 rings (SSSR count). The summed E-state index contributed by atoms with van der Waals surface area (Å²) < 4.78 is 15.9. The van der Waals surface area contributed by atoms with Gasteiger partial charge in [0.25, 0.3) is 0 Å². The first kappa shape index (κ1) is 16.9. The van der Waals surface area contributed by atoms with Crippen LogP contribution >= 0.6 is 22.9 Å². The third-order valence-corrected chi connectivity index (χ3v) is 4.98. The van der Waals surface area contributed by atoms with Crippen LogP contribution in [0.2, 0.25) is 5.15 Å². The van der Waals surface area contributed by atoms with Gasteiger partial charge >= 0.3 is 5.97 Å². The van der Waals surface area contributed by atoms with Crippen LogP contribution in [0.3, 0.4) is 0 Å². The Bertz CT molecular complexity index is 750. The average Bonchev–Trinajstić information content (AvgIpc) is 2.99. The number of anilines is 1. The minimum Gasteiger partial charge on any atom is -0.486 e. The van der Waals surface area contributed by atoms with Crippen LogP contribution in [0.25, 0.3) is 0 Å². The van der Waals surface area contributed by atoms with Gasteiger partial charge in [-0.25, -0.2) is 9.78 Å². The molecule has 0 radical (unpaired) electrons. The molecule has 0 spiro atoms. The lowest BCUT2D eigenvalue weighted by atomic mass is 10.0. The second kappa shape index (κ2) is 7.27. The molecule has 1 aliphatic heterocycles. The number of benzene rings is 1. The first-order valence-electron chi connectivity index (χ1n) is 7.53. The third kappa shape index (κ3) is 3.42. The highest BCUT2D eigenvalue weighted by Gasteiger charge is 2.20. The van der Waals surface area contributed by atoms with Crippen molar-refractivity contribution >= 4 is 34.0 Å². The molecule has 1 aromatic heterocycles. The van der Waals surface area contributed by atoms with Gasteiger partial charge in [-0.05, 0) is 24.1 Å². The Hall–Kier alpha value is -1.99. The Morgan fingerprint density at radius 3 is 2.88 bits per heavy atom. The van der Waals surface area contributed by atoms with Crippen molar-refractivity contribution in [3.8, 4) is 11.5 Å². The fourth-order valence-corrected chi connectivity index (χ4v) is 3.58. The van der Waals surface area contributed by atoms with Crippen LogP contribution in [0.5, 0.6) is 11.5 Å². The molecule has 2 aromatic rings. The summed E-state index contributed by atoms with van der Waals surface area (Å²) in [4.78, 5) is 16.1. The number of fused-ring (bicyclic) bond motifs is 1. The van der Waals surface area contributed by atoms with E-state index in [1.807, 2.05) is 18.2 Å². The number of nitrogens with one attached hydrogen (secondary N) is 1. The van der Waals surface area contributed by atoms with Crippen LogP contribution in [0.15, 0.2) is 18.2 Å². The molecule has 1 aliphatic rings. The normalized spacial score (nSPS) is 14.1. The molecule has 0 bridgehead atoms. The van der Waals surface area contributed by atoms with Gasteiger partial charge in [0.15, 0.2) is 26.7 Å². The van der Waals surface area contributed by atoms with Crippen LogP contribution in [0.4, 0.5) is 5.13 Å². The molecule has 0 aliphatic carbocycles. The Labute approximate surface area is 148 Å². The van der Waals surface area contributed by atoms with E-state index in [1.165, 1.54) is 18.4 Å². The summed E-state index contributed by atoms with van der Waals surface area (Å²) in [5.74, 6) is 1.01. The fourth-order valence-electron chi connectivity index (χ4n) is 2.43. The van der Waals surface area contributed by atoms with Gasteiger partial charge in [0, 0.05) is 0 Å². The first-order chi connectivity index (χ1) is 11.6. The van der Waals surface area contributed by atoms with E-state index in [0.29, 0.717) is 23.2 Å². The summed E-state index contributed by atoms with van der Waals surface area (Å²) in [5.41, 5.74) is 1.05. The van der Waals surface area contributed by atoms with E-state index < -0.39 is 5.97 Å². The van der Waals surface area contributed by atoms with E-state index in [2.05, 4.69) is 17.2 Å². The first-order valence-corrected chi connectivity index (χ1v) is 8.72. The summed E-state index contributed by atoms with van der Waals surface area (Å²) in [7, 11) is 1.31. The van der Waals surface area contributed by atoms with E-state index in [1.54, 1.807) is 0 Å². The minimum atomic E-state index is -0.488. The van der Waals surface area contributed by atoms with Crippen LogP contribution in [0.1, 0.15) is 34.6 Å². The second-order valence-corrected chi connectivity index (χ2v) is 6.50. The van der Waals surface area contributed by atoms with Gasteiger partial charge in [0.1, 0.15) is 13.2 Å². The maximum atomic E-state index is 11.6. The summed E-state index contributed by atoms with van der Waals surface area (Å²) in [6.45, 7) is 3.17. The molecule has 24 heavy (non-hydrogen) atoms. The number of carbonyl (C=O) groups excluding carboxylic acids is 1. The lowest BCUT2D eigenvalue weighted by Crippen LogP contribution is -2.16. The van der Waals surface area contributed by atoms with E-state index in [4.69, 9.17) is 25.8 Å². The quantitative estimate of drug-likeness (QED) is 0.807. The summed E-state index contributed by atoms with van der Waals surface area (Å²) in [5, 5.41) is 4.03. The second-order valence-electron chi connectivity index (χ2n) is 5.14. The zero-order valence-corrected chi connectivity index (χ0v) is 14.9. The maximum Gasteiger partial charge on any atom is 0.351 e. The summed E-state index contributed by atoms with van der Waals surface area (Å²) >= 11 is 7.18. The van der Waals surface area contributed by atoms with Crippen molar-refractivity contribution in [1.29, 1.82) is 0 Å². The van der Waals surface area contributed by atoms with Gasteiger partial charge in [-0.15, -0.1) is 0 Å². The number of ether oxygens (including phenoxy) is 3. The molecule has 1 atom stereocenters. The van der Waals surface area contributed by atoms with Crippen molar-refractivity contribution < 1.29 is 19.0 Å². The summed E-state index contributed by atoms with van der Waals surface area (Å²) in [6, 6.07) is 5.87. The standard InChI is InChI=1S/C16H17ClN2O4S/c1-3-10(9-4-5-11-12(8-9)23-7-6-22-11)18-16-19-14(17)13(24-16)15(20)21-2/h4-5,8,10H,3,6-7H2,1-2H3,(H,18,19). The van der Waals surface area contributed by atoms with E-state index >= 15 is 0 Å². The predicted molar refractivity (Wildman–Crippen MR) is 92.6 cm³/mol. The van der Waals surface area contributed by atoms with Crippen molar-refractivity contribution in [3.63, 3.8) is 0 Å². The Morgan fingerprint density at radius 1 is 1.42 bits per heavy atom. The molecule has 0 amide bonds. The molecule has 0 saturated heterocycles. The largest absolute Gasteiger partial charge is 0.486 e. The number of hydrogen-bond acceptors (Lipinski definition) is 7. The van der Waals surface area contributed by atoms with Gasteiger partial charge in [0.2, 0.25) is 0 Å². The number of esters is 1.